The summed E-state index contributed by atoms with van der Waals surface area (Å²) in [5.41, 5.74) is 2.32. The van der Waals surface area contributed by atoms with E-state index in [1.54, 1.807) is 12.1 Å². The highest BCUT2D eigenvalue weighted by Gasteiger charge is 2.32. The van der Waals surface area contributed by atoms with Crippen molar-refractivity contribution in [2.24, 2.45) is 5.92 Å². The van der Waals surface area contributed by atoms with Crippen LogP contribution in [-0.2, 0) is 9.53 Å². The number of ether oxygens (including phenoxy) is 1. The van der Waals surface area contributed by atoms with E-state index in [-0.39, 0.29) is 17.8 Å². The Bertz CT molecular complexity index is 884. The maximum absolute atomic E-state index is 13.2. The molecule has 0 bridgehead atoms. The van der Waals surface area contributed by atoms with E-state index in [9.17, 15) is 9.18 Å². The lowest BCUT2D eigenvalue weighted by Gasteiger charge is -2.33. The molecule has 0 aromatic heterocycles. The first-order chi connectivity index (χ1) is 14.5. The Morgan fingerprint density at radius 3 is 1.83 bits per heavy atom. The van der Waals surface area contributed by atoms with Gasteiger partial charge in [-0.15, -0.1) is 0 Å². The minimum Gasteiger partial charge on any atom is -0.468 e. The van der Waals surface area contributed by atoms with Crippen molar-refractivity contribution in [3.8, 4) is 0 Å². The van der Waals surface area contributed by atoms with Crippen molar-refractivity contribution in [1.29, 1.82) is 0 Å². The lowest BCUT2D eigenvalue weighted by molar-refractivity contribution is -0.143. The number of hydrogen-bond donors (Lipinski definition) is 0. The third-order valence-corrected chi connectivity index (χ3v) is 4.97. The van der Waals surface area contributed by atoms with Gasteiger partial charge in [0, 0.05) is 18.8 Å². The molecule has 2 atom stereocenters. The number of para-hydroxylation sites is 1. The van der Waals surface area contributed by atoms with Crippen LogP contribution in [0.5, 0.6) is 0 Å². The summed E-state index contributed by atoms with van der Waals surface area (Å²) >= 11 is 0. The number of nitrogens with zero attached hydrogens (tertiary/aromatic N) is 1. The number of hydrogen-bond acceptors (Lipinski definition) is 3. The van der Waals surface area contributed by atoms with Crippen molar-refractivity contribution in [2.75, 3.05) is 19.1 Å². The molecule has 0 aliphatic heterocycles. The Hall–Kier alpha value is -3.40. The van der Waals surface area contributed by atoms with Crippen LogP contribution >= 0.6 is 0 Å². The predicted molar refractivity (Wildman–Crippen MR) is 122 cm³/mol. The molecule has 0 amide bonds. The molecule has 0 aliphatic carbocycles. The summed E-state index contributed by atoms with van der Waals surface area (Å²) in [7, 11) is 3.29. The van der Waals surface area contributed by atoms with Crippen LogP contribution in [0.25, 0.3) is 5.57 Å². The second-order valence-electron chi connectivity index (χ2n) is 6.87. The summed E-state index contributed by atoms with van der Waals surface area (Å²) in [5.74, 6) is -1.25. The average molecular weight is 406 g/mol. The number of rotatable bonds is 6. The Kier molecular flexibility index (Phi) is 8.82. The Morgan fingerprint density at radius 2 is 1.37 bits per heavy atom. The molecule has 2 unspecified atom stereocenters. The smallest absolute Gasteiger partial charge is 0.315 e. The normalized spacial score (nSPS) is 12.0. The highest BCUT2D eigenvalue weighted by Crippen LogP contribution is 2.30. The summed E-state index contributed by atoms with van der Waals surface area (Å²) < 4.78 is 18.1. The van der Waals surface area contributed by atoms with Crippen molar-refractivity contribution in [2.45, 2.75) is 13.0 Å². The minimum atomic E-state index is -0.564. The van der Waals surface area contributed by atoms with Gasteiger partial charge in [0.1, 0.15) is 11.7 Å². The van der Waals surface area contributed by atoms with Crippen LogP contribution in [0.3, 0.4) is 0 Å². The van der Waals surface area contributed by atoms with Crippen molar-refractivity contribution in [1.82, 2.24) is 0 Å². The summed E-state index contributed by atoms with van der Waals surface area (Å²) in [4.78, 5) is 14.4. The molecular formula is C26H28FNO2. The van der Waals surface area contributed by atoms with Crippen molar-refractivity contribution < 1.29 is 13.9 Å². The van der Waals surface area contributed by atoms with Gasteiger partial charge < -0.3 is 9.64 Å². The highest BCUT2D eigenvalue weighted by atomic mass is 19.1. The van der Waals surface area contributed by atoms with E-state index in [2.05, 4.69) is 6.58 Å². The van der Waals surface area contributed by atoms with E-state index >= 15 is 0 Å². The molecule has 3 nitrogen and oxygen atoms in total. The molecule has 30 heavy (non-hydrogen) atoms. The summed E-state index contributed by atoms with van der Waals surface area (Å²) in [6.07, 6.45) is 0. The Labute approximate surface area is 178 Å². The molecule has 4 heteroatoms. The van der Waals surface area contributed by atoms with Gasteiger partial charge in [0.2, 0.25) is 0 Å². The van der Waals surface area contributed by atoms with Crippen LogP contribution in [0.15, 0.2) is 97.6 Å². The molecule has 0 spiro atoms. The number of benzene rings is 3. The fourth-order valence-electron chi connectivity index (χ4n) is 3.11. The lowest BCUT2D eigenvalue weighted by Crippen LogP contribution is -2.40. The lowest BCUT2D eigenvalue weighted by atomic mass is 9.87. The van der Waals surface area contributed by atoms with E-state index in [4.69, 9.17) is 4.74 Å². The van der Waals surface area contributed by atoms with Crippen LogP contribution < -0.4 is 4.90 Å². The van der Waals surface area contributed by atoms with Gasteiger partial charge in [0.25, 0.3) is 0 Å². The molecule has 0 N–H and O–H groups in total. The zero-order valence-corrected chi connectivity index (χ0v) is 17.7. The molecule has 156 valence electrons. The van der Waals surface area contributed by atoms with Crippen molar-refractivity contribution >= 4 is 17.2 Å². The second kappa shape index (κ2) is 11.6. The first kappa shape index (κ1) is 22.9. The maximum Gasteiger partial charge on any atom is 0.315 e. The Morgan fingerprint density at radius 1 is 0.900 bits per heavy atom. The number of carbonyl (C=O) groups is 1. The van der Waals surface area contributed by atoms with Gasteiger partial charge in [-0.2, -0.15) is 0 Å². The monoisotopic (exact) mass is 405 g/mol. The van der Waals surface area contributed by atoms with Crippen LogP contribution in [0.4, 0.5) is 10.1 Å². The third kappa shape index (κ3) is 6.31. The van der Waals surface area contributed by atoms with Crippen LogP contribution in [-0.4, -0.2) is 26.2 Å². The maximum atomic E-state index is 13.2. The number of halogens is 1. The van der Waals surface area contributed by atoms with Gasteiger partial charge in [-0.05, 0) is 42.3 Å². The van der Waals surface area contributed by atoms with Crippen molar-refractivity contribution in [3.05, 3.63) is 109 Å². The van der Waals surface area contributed by atoms with Gasteiger partial charge in [-0.25, -0.2) is 4.39 Å². The standard InChI is InChI=1S/C20H22FNO2.C6H6/c1-14(16-10-12-17(21)13-11-16)19(20(23)24-4)15(2)22(3)18-8-6-5-7-9-18;1-2-4-6-5-3-1/h5-13,15,19H,1H2,2-4H3;1-6H. The van der Waals surface area contributed by atoms with Gasteiger partial charge >= 0.3 is 5.97 Å². The largest absolute Gasteiger partial charge is 0.468 e. The van der Waals surface area contributed by atoms with Gasteiger partial charge in [0.15, 0.2) is 0 Å². The molecule has 0 saturated heterocycles. The molecule has 3 rings (SSSR count). The van der Waals surface area contributed by atoms with E-state index in [0.29, 0.717) is 5.57 Å². The molecular weight excluding hydrogens is 377 g/mol. The molecule has 3 aromatic rings. The molecule has 0 heterocycles. The fourth-order valence-corrected chi connectivity index (χ4v) is 3.11. The second-order valence-corrected chi connectivity index (χ2v) is 6.87. The van der Waals surface area contributed by atoms with E-state index < -0.39 is 5.92 Å². The van der Waals surface area contributed by atoms with Gasteiger partial charge in [0.05, 0.1) is 7.11 Å². The first-order valence-corrected chi connectivity index (χ1v) is 9.76. The SMILES string of the molecule is C=C(c1ccc(F)cc1)C(C(=O)OC)C(C)N(C)c1ccccc1.c1ccccc1. The topological polar surface area (TPSA) is 29.5 Å². The van der Waals surface area contributed by atoms with Crippen LogP contribution in [0.1, 0.15) is 12.5 Å². The molecule has 0 radical (unpaired) electrons. The summed E-state index contributed by atoms with van der Waals surface area (Å²) in [6, 6.07) is 27.6. The predicted octanol–water partition coefficient (Wildman–Crippen LogP) is 5.84. The van der Waals surface area contributed by atoms with Gasteiger partial charge in [-0.3, -0.25) is 4.79 Å². The van der Waals surface area contributed by atoms with Crippen molar-refractivity contribution in [3.63, 3.8) is 0 Å². The van der Waals surface area contributed by atoms with Gasteiger partial charge in [-0.1, -0.05) is 73.3 Å². The van der Waals surface area contributed by atoms with Crippen LogP contribution in [0.2, 0.25) is 0 Å². The third-order valence-electron chi connectivity index (χ3n) is 4.97. The average Bonchev–Trinajstić information content (AvgIpc) is 2.81. The molecule has 3 aromatic carbocycles. The number of esters is 1. The number of carbonyl (C=O) groups excluding carboxylic acids is 1. The minimum absolute atomic E-state index is 0.183. The zero-order valence-electron chi connectivity index (χ0n) is 17.7. The molecule has 0 aliphatic rings. The molecule has 0 fully saturated rings. The zero-order chi connectivity index (χ0) is 21.9. The molecule has 0 saturated carbocycles. The quantitative estimate of drug-likeness (QED) is 0.483. The Balaban J connectivity index is 0.000000456. The highest BCUT2D eigenvalue weighted by molar-refractivity contribution is 5.89. The fraction of sp³-hybridized carbons (Fsp3) is 0.192. The van der Waals surface area contributed by atoms with E-state index in [0.717, 1.165) is 11.3 Å². The number of methoxy groups -OCH3 is 1. The number of anilines is 1. The summed E-state index contributed by atoms with van der Waals surface area (Å²) in [6.45, 7) is 6.02. The van der Waals surface area contributed by atoms with Crippen LogP contribution in [0, 0.1) is 11.7 Å². The summed E-state index contributed by atoms with van der Waals surface area (Å²) in [5, 5.41) is 0. The van der Waals surface area contributed by atoms with E-state index in [1.807, 2.05) is 85.6 Å². The van der Waals surface area contributed by atoms with E-state index in [1.165, 1.54) is 19.2 Å². The first-order valence-electron chi connectivity index (χ1n) is 9.76.